The Morgan fingerprint density at radius 2 is 1.24 bits per heavy atom. The van der Waals surface area contributed by atoms with Crippen LogP contribution in [0, 0.1) is 23.7 Å². The number of benzene rings is 2. The van der Waals surface area contributed by atoms with Crippen molar-refractivity contribution >= 4 is 0 Å². The molecule has 0 heterocycles. The van der Waals surface area contributed by atoms with Crippen molar-refractivity contribution in [3.05, 3.63) is 82.9 Å². The van der Waals surface area contributed by atoms with Crippen LogP contribution in [0.4, 0.5) is 0 Å². The van der Waals surface area contributed by atoms with Crippen molar-refractivity contribution in [2.45, 2.75) is 128 Å². The van der Waals surface area contributed by atoms with Gasteiger partial charge in [0.05, 0.1) is 0 Å². The van der Waals surface area contributed by atoms with E-state index in [0.29, 0.717) is 5.92 Å². The molecule has 0 nitrogen and oxygen atoms in total. The van der Waals surface area contributed by atoms with Gasteiger partial charge in [-0.2, -0.15) is 0 Å². The van der Waals surface area contributed by atoms with Crippen LogP contribution >= 0.6 is 0 Å². The van der Waals surface area contributed by atoms with Gasteiger partial charge in [-0.1, -0.05) is 107 Å². The van der Waals surface area contributed by atoms with E-state index in [2.05, 4.69) is 86.4 Å². The quantitative estimate of drug-likeness (QED) is 0.209. The summed E-state index contributed by atoms with van der Waals surface area (Å²) in [5.41, 5.74) is 5.73. The van der Waals surface area contributed by atoms with Gasteiger partial charge in [0.15, 0.2) is 0 Å². The third kappa shape index (κ3) is 9.19. The normalized spacial score (nSPS) is 23.7. The number of hydrogen-bond donors (Lipinski definition) is 0. The van der Waals surface area contributed by atoms with Gasteiger partial charge in [-0.05, 0) is 123 Å². The average molecular weight is 509 g/mol. The molecule has 0 atom stereocenters. The second-order valence-corrected chi connectivity index (χ2v) is 12.3. The van der Waals surface area contributed by atoms with E-state index in [-0.39, 0.29) is 0 Å². The lowest BCUT2D eigenvalue weighted by Gasteiger charge is -2.29. The number of aryl methyl sites for hydroxylation is 1. The molecule has 2 saturated carbocycles. The maximum Gasteiger partial charge on any atom is 0.0249 e. The fraction of sp³-hybridized carbons (Fsp3) is 0.579. The standard InChI is InChI=1S/C38H52/c1-3-5-7-11-31-15-23-35(24-16-31)37-27-19-33(20-28-37)13-9-10-14-34-21-29-38(30-22-34)36-25-17-32(18-26-36)12-8-6-4-2/h9,13,15-16,21-24,29-30,32-33,36-37H,3-8,11-12,17-20,25-28H2,1-2H3/b13-9+. The lowest BCUT2D eigenvalue weighted by molar-refractivity contribution is 0.303. The summed E-state index contributed by atoms with van der Waals surface area (Å²) in [5.74, 6) is 9.86. The van der Waals surface area contributed by atoms with Crippen LogP contribution in [0.1, 0.15) is 144 Å². The molecule has 2 aromatic carbocycles. The van der Waals surface area contributed by atoms with Gasteiger partial charge in [-0.3, -0.25) is 0 Å². The van der Waals surface area contributed by atoms with Gasteiger partial charge < -0.3 is 0 Å². The van der Waals surface area contributed by atoms with E-state index < -0.39 is 0 Å². The maximum absolute atomic E-state index is 3.37. The number of hydrogen-bond acceptors (Lipinski definition) is 0. The number of allylic oxidation sites excluding steroid dienone is 2. The van der Waals surface area contributed by atoms with Crippen LogP contribution in [0.2, 0.25) is 0 Å². The first-order valence-corrected chi connectivity index (χ1v) is 16.1. The monoisotopic (exact) mass is 508 g/mol. The highest BCUT2D eigenvalue weighted by molar-refractivity contribution is 5.39. The lowest BCUT2D eigenvalue weighted by atomic mass is 9.77. The van der Waals surface area contributed by atoms with Crippen molar-refractivity contribution in [2.24, 2.45) is 11.8 Å². The molecule has 2 aliphatic rings. The van der Waals surface area contributed by atoms with Crippen molar-refractivity contribution in [2.75, 3.05) is 0 Å². The third-order valence-electron chi connectivity index (χ3n) is 9.40. The van der Waals surface area contributed by atoms with Crippen LogP contribution in [0.25, 0.3) is 0 Å². The minimum absolute atomic E-state index is 0.688. The Balaban J connectivity index is 1.17. The molecule has 0 aromatic heterocycles. The van der Waals surface area contributed by atoms with E-state index in [1.165, 1.54) is 114 Å². The van der Waals surface area contributed by atoms with Gasteiger partial charge in [-0.15, -0.1) is 0 Å². The molecule has 4 rings (SSSR count). The topological polar surface area (TPSA) is 0 Å². The Labute approximate surface area is 234 Å². The number of unbranched alkanes of at least 4 members (excludes halogenated alkanes) is 4. The first kappa shape index (κ1) is 28.7. The van der Waals surface area contributed by atoms with Crippen molar-refractivity contribution in [3.8, 4) is 11.8 Å². The predicted molar refractivity (Wildman–Crippen MR) is 166 cm³/mol. The second-order valence-electron chi connectivity index (χ2n) is 12.3. The van der Waals surface area contributed by atoms with E-state index in [9.17, 15) is 0 Å². The van der Waals surface area contributed by atoms with Crippen LogP contribution in [0.5, 0.6) is 0 Å². The molecule has 2 aromatic rings. The molecule has 204 valence electrons. The van der Waals surface area contributed by atoms with Crippen molar-refractivity contribution < 1.29 is 0 Å². The molecule has 2 fully saturated rings. The van der Waals surface area contributed by atoms with Crippen molar-refractivity contribution in [3.63, 3.8) is 0 Å². The van der Waals surface area contributed by atoms with Gasteiger partial charge in [0.1, 0.15) is 0 Å². The Bertz CT molecular complexity index is 996. The van der Waals surface area contributed by atoms with Gasteiger partial charge in [0.2, 0.25) is 0 Å². The van der Waals surface area contributed by atoms with E-state index in [1.54, 1.807) is 5.56 Å². The molecule has 38 heavy (non-hydrogen) atoms. The summed E-state index contributed by atoms with van der Waals surface area (Å²) in [6, 6.07) is 18.7. The summed E-state index contributed by atoms with van der Waals surface area (Å²) in [5, 5.41) is 0. The zero-order chi connectivity index (χ0) is 26.4. The van der Waals surface area contributed by atoms with Crippen LogP contribution in [-0.4, -0.2) is 0 Å². The van der Waals surface area contributed by atoms with E-state index in [0.717, 1.165) is 23.3 Å². The summed E-state index contributed by atoms with van der Waals surface area (Å²) in [7, 11) is 0. The zero-order valence-electron chi connectivity index (χ0n) is 24.4. The Hall–Kier alpha value is -2.26. The van der Waals surface area contributed by atoms with Crippen LogP contribution < -0.4 is 0 Å². The minimum atomic E-state index is 0.688. The molecule has 0 N–H and O–H groups in total. The van der Waals surface area contributed by atoms with E-state index in [4.69, 9.17) is 0 Å². The summed E-state index contributed by atoms with van der Waals surface area (Å²) >= 11 is 0. The molecule has 0 spiro atoms. The van der Waals surface area contributed by atoms with Gasteiger partial charge in [0, 0.05) is 5.56 Å². The SMILES string of the molecule is CCCCCc1ccc(C2CCC(/C=C/C#Cc3ccc(C4CCC(CCCCC)CC4)cc3)CC2)cc1. The zero-order valence-corrected chi connectivity index (χ0v) is 24.4. The molecular weight excluding hydrogens is 456 g/mol. The molecular formula is C38H52. The highest BCUT2D eigenvalue weighted by Gasteiger charge is 2.22. The molecule has 0 heteroatoms. The smallest absolute Gasteiger partial charge is 0.0249 e. The van der Waals surface area contributed by atoms with E-state index in [1.807, 2.05) is 0 Å². The largest absolute Gasteiger partial charge is 0.0730 e. The average Bonchev–Trinajstić information content (AvgIpc) is 2.97. The van der Waals surface area contributed by atoms with Crippen LogP contribution in [-0.2, 0) is 6.42 Å². The molecule has 0 unspecified atom stereocenters. The van der Waals surface area contributed by atoms with Crippen LogP contribution in [0.3, 0.4) is 0 Å². The number of rotatable bonds is 11. The van der Waals surface area contributed by atoms with Crippen molar-refractivity contribution in [1.82, 2.24) is 0 Å². The maximum atomic E-state index is 3.37. The van der Waals surface area contributed by atoms with Gasteiger partial charge >= 0.3 is 0 Å². The predicted octanol–water partition coefficient (Wildman–Crippen LogP) is 11.2. The second kappa shape index (κ2) is 16.0. The Morgan fingerprint density at radius 1 is 0.658 bits per heavy atom. The highest BCUT2D eigenvalue weighted by atomic mass is 14.3. The van der Waals surface area contributed by atoms with E-state index >= 15 is 0 Å². The molecule has 0 amide bonds. The van der Waals surface area contributed by atoms with Gasteiger partial charge in [-0.25, -0.2) is 0 Å². The summed E-state index contributed by atoms with van der Waals surface area (Å²) in [4.78, 5) is 0. The molecule has 0 radical (unpaired) electrons. The Morgan fingerprint density at radius 3 is 1.87 bits per heavy atom. The molecule has 0 aliphatic heterocycles. The summed E-state index contributed by atoms with van der Waals surface area (Å²) < 4.78 is 0. The first-order valence-electron chi connectivity index (χ1n) is 16.1. The fourth-order valence-electron chi connectivity index (χ4n) is 6.80. The molecule has 0 bridgehead atoms. The fourth-order valence-corrected chi connectivity index (χ4v) is 6.80. The van der Waals surface area contributed by atoms with Crippen LogP contribution in [0.15, 0.2) is 60.7 Å². The summed E-state index contributed by atoms with van der Waals surface area (Å²) in [6.07, 6.45) is 26.1. The lowest BCUT2D eigenvalue weighted by Crippen LogP contribution is -2.13. The van der Waals surface area contributed by atoms with Crippen molar-refractivity contribution in [1.29, 1.82) is 0 Å². The summed E-state index contributed by atoms with van der Waals surface area (Å²) in [6.45, 7) is 4.59. The minimum Gasteiger partial charge on any atom is -0.0730 e. The Kier molecular flexibility index (Phi) is 12.1. The molecule has 2 aliphatic carbocycles. The highest BCUT2D eigenvalue weighted by Crippen LogP contribution is 2.38. The van der Waals surface area contributed by atoms with Gasteiger partial charge in [0.25, 0.3) is 0 Å². The molecule has 0 saturated heterocycles. The first-order chi connectivity index (χ1) is 18.7. The third-order valence-corrected chi connectivity index (χ3v) is 9.40.